The zero-order valence-corrected chi connectivity index (χ0v) is 23.0. The van der Waals surface area contributed by atoms with Gasteiger partial charge in [0, 0.05) is 40.5 Å². The van der Waals surface area contributed by atoms with E-state index in [1.807, 2.05) is 13.8 Å². The Hall–Kier alpha value is -2.77. The van der Waals surface area contributed by atoms with Crippen molar-refractivity contribution in [2.24, 2.45) is 11.8 Å². The largest absolute Gasteiger partial charge is 0.463 e. The molecule has 13 heteroatoms. The smallest absolute Gasteiger partial charge is 0.303 e. The Morgan fingerprint density at radius 2 is 1.26 bits per heavy atom. The van der Waals surface area contributed by atoms with Gasteiger partial charge in [-0.1, -0.05) is 20.8 Å². The minimum atomic E-state index is -2.01. The highest BCUT2D eigenvalue weighted by molar-refractivity contribution is 5.68. The fourth-order valence-electron chi connectivity index (χ4n) is 4.56. The van der Waals surface area contributed by atoms with E-state index in [9.17, 15) is 24.0 Å². The zero-order valence-electron chi connectivity index (χ0n) is 23.0. The van der Waals surface area contributed by atoms with Gasteiger partial charge < -0.3 is 37.9 Å². The molecule has 2 saturated heterocycles. The Kier molecular flexibility index (Phi) is 11.0. The number of hydrogen-bond acceptors (Lipinski definition) is 13. The summed E-state index contributed by atoms with van der Waals surface area (Å²) in [5.74, 6) is -5.80. The van der Waals surface area contributed by atoms with Crippen LogP contribution in [0.2, 0.25) is 0 Å². The van der Waals surface area contributed by atoms with E-state index in [4.69, 9.17) is 37.9 Å². The summed E-state index contributed by atoms with van der Waals surface area (Å²) in [4.78, 5) is 59.3. The molecule has 0 aromatic rings. The molecule has 13 nitrogen and oxygen atoms in total. The van der Waals surface area contributed by atoms with E-state index in [1.54, 1.807) is 6.92 Å². The van der Waals surface area contributed by atoms with E-state index < -0.39 is 79.1 Å². The third-order valence-electron chi connectivity index (χ3n) is 6.50. The van der Waals surface area contributed by atoms with E-state index in [1.165, 1.54) is 27.7 Å². The molecule has 0 radical (unpaired) electrons. The molecule has 2 aliphatic heterocycles. The Labute approximate surface area is 221 Å². The van der Waals surface area contributed by atoms with Gasteiger partial charge in [0.05, 0.1) is 6.10 Å². The predicted octanol–water partition coefficient (Wildman–Crippen LogP) is 1.43. The summed E-state index contributed by atoms with van der Waals surface area (Å²) in [5, 5.41) is 0. The quantitative estimate of drug-likeness (QED) is 0.286. The normalized spacial score (nSPS) is 34.6. The highest BCUT2D eigenvalue weighted by Crippen LogP contribution is 2.42. The van der Waals surface area contributed by atoms with Crippen LogP contribution in [0.4, 0.5) is 0 Å². The van der Waals surface area contributed by atoms with E-state index in [0.717, 1.165) is 6.92 Å². The Balaban J connectivity index is 2.56. The number of hydrogen-bond donors (Lipinski definition) is 0. The van der Waals surface area contributed by atoms with Crippen LogP contribution in [0, 0.1) is 11.8 Å². The SMILES string of the molecule is CC[C@H]1O[C@@](COC(C)=O)(OC2OC(COC(C)=O)[C@@H](C)[C@H](C)[C@@H]2OC(C)=O)C(OC(C)=O)[C@H]1OC(C)=O. The molecule has 9 atom stereocenters. The van der Waals surface area contributed by atoms with Crippen LogP contribution in [0.25, 0.3) is 0 Å². The summed E-state index contributed by atoms with van der Waals surface area (Å²) in [6.45, 7) is 10.7. The van der Waals surface area contributed by atoms with Gasteiger partial charge in [0.1, 0.15) is 19.3 Å². The average molecular weight is 547 g/mol. The highest BCUT2D eigenvalue weighted by Gasteiger charge is 2.63. The lowest BCUT2D eigenvalue weighted by Gasteiger charge is -2.46. The van der Waals surface area contributed by atoms with Gasteiger partial charge in [-0.3, -0.25) is 24.0 Å². The van der Waals surface area contributed by atoms with Crippen LogP contribution >= 0.6 is 0 Å². The van der Waals surface area contributed by atoms with Crippen molar-refractivity contribution in [2.75, 3.05) is 13.2 Å². The molecule has 2 rings (SSSR count). The maximum Gasteiger partial charge on any atom is 0.303 e. The highest BCUT2D eigenvalue weighted by atomic mass is 16.8. The van der Waals surface area contributed by atoms with Crippen molar-refractivity contribution in [2.45, 2.75) is 104 Å². The lowest BCUT2D eigenvalue weighted by Crippen LogP contribution is -2.60. The summed E-state index contributed by atoms with van der Waals surface area (Å²) in [6.07, 6.45) is -5.98. The molecule has 0 N–H and O–H groups in total. The number of esters is 5. The second-order valence-electron chi connectivity index (χ2n) is 9.52. The van der Waals surface area contributed by atoms with Crippen LogP contribution in [0.15, 0.2) is 0 Å². The van der Waals surface area contributed by atoms with E-state index in [0.29, 0.717) is 6.42 Å². The molecule has 2 heterocycles. The van der Waals surface area contributed by atoms with Gasteiger partial charge in [-0.2, -0.15) is 0 Å². The fourth-order valence-corrected chi connectivity index (χ4v) is 4.56. The summed E-state index contributed by atoms with van der Waals surface area (Å²) in [5.41, 5.74) is 0. The molecule has 38 heavy (non-hydrogen) atoms. The molecule has 0 bridgehead atoms. The van der Waals surface area contributed by atoms with Gasteiger partial charge in [0.25, 0.3) is 0 Å². The van der Waals surface area contributed by atoms with Crippen molar-refractivity contribution in [1.29, 1.82) is 0 Å². The monoisotopic (exact) mass is 546 g/mol. The van der Waals surface area contributed by atoms with Crippen molar-refractivity contribution in [3.8, 4) is 0 Å². The van der Waals surface area contributed by atoms with Gasteiger partial charge in [0.15, 0.2) is 24.6 Å². The molecular weight excluding hydrogens is 508 g/mol. The molecule has 0 spiro atoms. The second-order valence-corrected chi connectivity index (χ2v) is 9.52. The molecular formula is C25H38O13. The van der Waals surface area contributed by atoms with Crippen LogP contribution in [-0.2, 0) is 61.9 Å². The molecule has 0 aromatic carbocycles. The zero-order chi connectivity index (χ0) is 28.8. The van der Waals surface area contributed by atoms with Crippen molar-refractivity contribution >= 4 is 29.8 Å². The first kappa shape index (κ1) is 31.4. The Bertz CT molecular complexity index is 886. The van der Waals surface area contributed by atoms with Crippen molar-refractivity contribution < 1.29 is 61.9 Å². The third-order valence-corrected chi connectivity index (χ3v) is 6.50. The number of carbonyl (C=O) groups is 5. The van der Waals surface area contributed by atoms with Gasteiger partial charge in [0.2, 0.25) is 5.79 Å². The fraction of sp³-hybridized carbons (Fsp3) is 0.800. The molecule has 216 valence electrons. The molecule has 3 unspecified atom stereocenters. The van der Waals surface area contributed by atoms with E-state index >= 15 is 0 Å². The maximum absolute atomic E-state index is 12.1. The van der Waals surface area contributed by atoms with Crippen LogP contribution in [0.1, 0.15) is 61.8 Å². The summed E-state index contributed by atoms with van der Waals surface area (Å²) in [7, 11) is 0. The van der Waals surface area contributed by atoms with Crippen LogP contribution in [0.5, 0.6) is 0 Å². The molecule has 0 saturated carbocycles. The minimum absolute atomic E-state index is 0.105. The van der Waals surface area contributed by atoms with Crippen molar-refractivity contribution in [3.63, 3.8) is 0 Å². The average Bonchev–Trinajstić information content (AvgIpc) is 3.07. The van der Waals surface area contributed by atoms with Crippen LogP contribution in [-0.4, -0.2) is 85.7 Å². The first-order valence-electron chi connectivity index (χ1n) is 12.5. The second kappa shape index (κ2) is 13.3. The summed E-state index contributed by atoms with van der Waals surface area (Å²) < 4.78 is 45.5. The number of ether oxygens (including phenoxy) is 8. The first-order valence-corrected chi connectivity index (χ1v) is 12.5. The topological polar surface area (TPSA) is 159 Å². The lowest BCUT2D eigenvalue weighted by molar-refractivity contribution is -0.375. The summed E-state index contributed by atoms with van der Waals surface area (Å²) >= 11 is 0. The van der Waals surface area contributed by atoms with Crippen molar-refractivity contribution in [1.82, 2.24) is 0 Å². The van der Waals surface area contributed by atoms with Gasteiger partial charge in [-0.25, -0.2) is 0 Å². The summed E-state index contributed by atoms with van der Waals surface area (Å²) in [6, 6.07) is 0. The number of carbonyl (C=O) groups excluding carboxylic acids is 5. The van der Waals surface area contributed by atoms with Gasteiger partial charge in [-0.15, -0.1) is 0 Å². The number of rotatable bonds is 10. The van der Waals surface area contributed by atoms with Crippen LogP contribution in [0.3, 0.4) is 0 Å². The molecule has 2 fully saturated rings. The van der Waals surface area contributed by atoms with Crippen LogP contribution < -0.4 is 0 Å². The van der Waals surface area contributed by atoms with E-state index in [2.05, 4.69) is 0 Å². The molecule has 0 aliphatic carbocycles. The van der Waals surface area contributed by atoms with Gasteiger partial charge >= 0.3 is 29.8 Å². The first-order chi connectivity index (χ1) is 17.7. The molecule has 2 aliphatic rings. The third kappa shape index (κ3) is 7.87. The van der Waals surface area contributed by atoms with E-state index in [-0.39, 0.29) is 18.4 Å². The minimum Gasteiger partial charge on any atom is -0.463 e. The maximum atomic E-state index is 12.1. The van der Waals surface area contributed by atoms with Crippen molar-refractivity contribution in [3.05, 3.63) is 0 Å². The Morgan fingerprint density at radius 3 is 1.76 bits per heavy atom. The Morgan fingerprint density at radius 1 is 0.711 bits per heavy atom. The standard InChI is InChI=1S/C25H38O13/c1-9-19-22(34-17(7)29)23(35-18(8)30)25(37-19,11-32-15(5)27)38-24-21(33-16(6)28)13(3)12(2)20(36-24)10-31-14(4)26/h12-13,19-24H,9-11H2,1-8H3/t12-,13-,19+,20?,21-,22-,23?,24?,25-/m0/s1. The van der Waals surface area contributed by atoms with Gasteiger partial charge in [-0.05, 0) is 12.3 Å². The lowest BCUT2D eigenvalue weighted by atomic mass is 9.83. The molecule has 0 amide bonds. The predicted molar refractivity (Wildman–Crippen MR) is 126 cm³/mol. The molecule has 0 aromatic heterocycles.